The van der Waals surface area contributed by atoms with Crippen molar-refractivity contribution in [1.29, 1.82) is 0 Å². The summed E-state index contributed by atoms with van der Waals surface area (Å²) in [5.41, 5.74) is 2.85. The largest absolute Gasteiger partial charge is 0.355 e. The van der Waals surface area contributed by atoms with Gasteiger partial charge in [0.25, 0.3) is 11.6 Å². The van der Waals surface area contributed by atoms with Gasteiger partial charge in [-0.25, -0.2) is 4.98 Å². The van der Waals surface area contributed by atoms with Gasteiger partial charge in [-0.1, -0.05) is 32.0 Å². The van der Waals surface area contributed by atoms with Gasteiger partial charge in [-0.05, 0) is 61.5 Å². The van der Waals surface area contributed by atoms with Gasteiger partial charge >= 0.3 is 0 Å². The topological polar surface area (TPSA) is 88.3 Å². The molecule has 8 heteroatoms. The summed E-state index contributed by atoms with van der Waals surface area (Å²) in [6.45, 7) is 8.25. The van der Waals surface area contributed by atoms with E-state index in [0.717, 1.165) is 36.0 Å². The van der Waals surface area contributed by atoms with Gasteiger partial charge in [0.05, 0.1) is 16.6 Å². The number of carbonyl (C=O) groups is 2. The first-order chi connectivity index (χ1) is 16.8. The van der Waals surface area contributed by atoms with E-state index in [9.17, 15) is 9.59 Å². The minimum absolute atomic E-state index is 0.00536. The van der Waals surface area contributed by atoms with Crippen LogP contribution in [0.3, 0.4) is 0 Å². The molecule has 2 amide bonds. The highest BCUT2D eigenvalue weighted by Gasteiger charge is 2.33. The Balaban J connectivity index is 1.27. The summed E-state index contributed by atoms with van der Waals surface area (Å²) < 4.78 is 5.62. The standard InChI is InChI=1S/C27H34N4O3S/c1-27(2,3)16-22-23-20(15-21(17-6-7-17)29-25(23)34-30-22)26(33)31-12-9-18(10-13-31)24(32)28-11-8-19-5-4-14-35-19/h4-5,14-15,17-18H,6-13,16H2,1-3H3,(H,28,32). The number of fused-ring (bicyclic) bond motifs is 1. The minimum atomic E-state index is -0.0473. The number of thiophene rings is 1. The van der Waals surface area contributed by atoms with Crippen LogP contribution >= 0.6 is 11.3 Å². The van der Waals surface area contributed by atoms with Crippen LogP contribution in [0.2, 0.25) is 0 Å². The van der Waals surface area contributed by atoms with Gasteiger partial charge in [0.2, 0.25) is 5.91 Å². The fraction of sp³-hybridized carbons (Fsp3) is 0.556. The molecule has 1 saturated carbocycles. The molecule has 2 fully saturated rings. The van der Waals surface area contributed by atoms with Crippen molar-refractivity contribution in [3.05, 3.63) is 45.4 Å². The lowest BCUT2D eigenvalue weighted by molar-refractivity contribution is -0.126. The molecular formula is C27H34N4O3S. The Morgan fingerprint density at radius 1 is 1.20 bits per heavy atom. The number of amides is 2. The minimum Gasteiger partial charge on any atom is -0.355 e. The molecule has 0 radical (unpaired) electrons. The van der Waals surface area contributed by atoms with E-state index >= 15 is 0 Å². The third-order valence-corrected chi connectivity index (χ3v) is 7.80. The molecule has 0 spiro atoms. The molecule has 2 aliphatic rings. The van der Waals surface area contributed by atoms with Gasteiger partial charge in [0.1, 0.15) is 0 Å². The van der Waals surface area contributed by atoms with Crippen LogP contribution in [-0.4, -0.2) is 46.5 Å². The number of likely N-dealkylation sites (tertiary alicyclic amines) is 1. The zero-order chi connectivity index (χ0) is 24.6. The van der Waals surface area contributed by atoms with Gasteiger partial charge in [0.15, 0.2) is 0 Å². The Labute approximate surface area is 210 Å². The van der Waals surface area contributed by atoms with Crippen molar-refractivity contribution in [2.45, 2.75) is 65.2 Å². The lowest BCUT2D eigenvalue weighted by atomic mass is 9.89. The van der Waals surface area contributed by atoms with E-state index < -0.39 is 0 Å². The van der Waals surface area contributed by atoms with Crippen LogP contribution in [0.15, 0.2) is 28.1 Å². The highest BCUT2D eigenvalue weighted by atomic mass is 32.1. The van der Waals surface area contributed by atoms with Crippen molar-refractivity contribution < 1.29 is 14.1 Å². The third kappa shape index (κ3) is 5.58. The second kappa shape index (κ2) is 9.72. The first-order valence-electron chi connectivity index (χ1n) is 12.7. The summed E-state index contributed by atoms with van der Waals surface area (Å²) in [4.78, 5) is 34.3. The van der Waals surface area contributed by atoms with Gasteiger partial charge in [0, 0.05) is 42.0 Å². The third-order valence-electron chi connectivity index (χ3n) is 6.86. The highest BCUT2D eigenvalue weighted by Crippen LogP contribution is 2.41. The van der Waals surface area contributed by atoms with Crippen molar-refractivity contribution in [2.75, 3.05) is 19.6 Å². The monoisotopic (exact) mass is 494 g/mol. The Kier molecular flexibility index (Phi) is 6.66. The van der Waals surface area contributed by atoms with Crippen LogP contribution in [-0.2, 0) is 17.6 Å². The van der Waals surface area contributed by atoms with Crippen LogP contribution < -0.4 is 5.32 Å². The summed E-state index contributed by atoms with van der Waals surface area (Å²) in [5.74, 6) is 0.455. The zero-order valence-corrected chi connectivity index (χ0v) is 21.6. The molecule has 35 heavy (non-hydrogen) atoms. The first-order valence-corrected chi connectivity index (χ1v) is 13.5. The van der Waals surface area contributed by atoms with E-state index in [4.69, 9.17) is 9.51 Å². The summed E-state index contributed by atoms with van der Waals surface area (Å²) in [7, 11) is 0. The molecule has 1 saturated heterocycles. The van der Waals surface area contributed by atoms with Gasteiger partial charge in [-0.3, -0.25) is 9.59 Å². The number of rotatable bonds is 7. The summed E-state index contributed by atoms with van der Waals surface area (Å²) >= 11 is 1.71. The quantitative estimate of drug-likeness (QED) is 0.501. The zero-order valence-electron chi connectivity index (χ0n) is 20.8. The lowest BCUT2D eigenvalue weighted by Gasteiger charge is -2.31. The van der Waals surface area contributed by atoms with Crippen LogP contribution in [0.1, 0.15) is 79.0 Å². The number of hydrogen-bond donors (Lipinski definition) is 1. The number of carbonyl (C=O) groups excluding carboxylic acids is 2. The smallest absolute Gasteiger partial charge is 0.259 e. The molecule has 7 nitrogen and oxygen atoms in total. The molecule has 0 unspecified atom stereocenters. The van der Waals surface area contributed by atoms with Gasteiger partial charge in [-0.15, -0.1) is 11.3 Å². The molecule has 1 aliphatic carbocycles. The van der Waals surface area contributed by atoms with Gasteiger partial charge < -0.3 is 14.7 Å². The molecular weight excluding hydrogens is 460 g/mol. The molecule has 3 aromatic heterocycles. The van der Waals surface area contributed by atoms with Crippen molar-refractivity contribution in [2.24, 2.45) is 11.3 Å². The molecule has 4 heterocycles. The summed E-state index contributed by atoms with van der Waals surface area (Å²) in [5, 5.41) is 10.2. The number of hydrogen-bond acceptors (Lipinski definition) is 6. The fourth-order valence-electron chi connectivity index (χ4n) is 4.83. The Hall–Kier alpha value is -2.74. The van der Waals surface area contributed by atoms with E-state index in [0.29, 0.717) is 56.1 Å². The molecule has 0 bridgehead atoms. The fourth-order valence-corrected chi connectivity index (χ4v) is 5.54. The van der Waals surface area contributed by atoms with E-state index in [2.05, 4.69) is 42.7 Å². The molecule has 1 aliphatic heterocycles. The van der Waals surface area contributed by atoms with Crippen molar-refractivity contribution >= 4 is 34.3 Å². The molecule has 5 rings (SSSR count). The van der Waals surface area contributed by atoms with E-state index in [1.165, 1.54) is 4.88 Å². The summed E-state index contributed by atoms with van der Waals surface area (Å²) in [6.07, 6.45) is 5.12. The second-order valence-electron chi connectivity index (χ2n) is 11.1. The maximum absolute atomic E-state index is 13.7. The van der Waals surface area contributed by atoms with Gasteiger partial charge in [-0.2, -0.15) is 0 Å². The average Bonchev–Trinajstić information content (AvgIpc) is 3.42. The second-order valence-corrected chi connectivity index (χ2v) is 12.1. The van der Waals surface area contributed by atoms with Crippen LogP contribution in [0.25, 0.3) is 11.1 Å². The van der Waals surface area contributed by atoms with E-state index in [1.54, 1.807) is 11.3 Å². The lowest BCUT2D eigenvalue weighted by Crippen LogP contribution is -2.43. The molecule has 0 atom stereocenters. The summed E-state index contributed by atoms with van der Waals surface area (Å²) in [6, 6.07) is 6.09. The highest BCUT2D eigenvalue weighted by molar-refractivity contribution is 7.09. The molecule has 1 N–H and O–H groups in total. The molecule has 0 aromatic carbocycles. The SMILES string of the molecule is CC(C)(C)Cc1noc2nc(C3CC3)cc(C(=O)N3CCC(C(=O)NCCc4cccs4)CC3)c12. The Bertz CT molecular complexity index is 1200. The Morgan fingerprint density at radius 2 is 1.97 bits per heavy atom. The van der Waals surface area contributed by atoms with E-state index in [-0.39, 0.29) is 23.1 Å². The predicted octanol–water partition coefficient (Wildman–Crippen LogP) is 4.96. The number of aromatic nitrogens is 2. The van der Waals surface area contributed by atoms with Crippen LogP contribution in [0, 0.1) is 11.3 Å². The van der Waals surface area contributed by atoms with Crippen LogP contribution in [0.4, 0.5) is 0 Å². The number of nitrogens with one attached hydrogen (secondary N) is 1. The number of nitrogens with zero attached hydrogens (tertiary/aromatic N) is 3. The number of pyridine rings is 1. The van der Waals surface area contributed by atoms with Crippen molar-refractivity contribution in [3.8, 4) is 0 Å². The Morgan fingerprint density at radius 3 is 2.63 bits per heavy atom. The average molecular weight is 495 g/mol. The van der Waals surface area contributed by atoms with Crippen molar-refractivity contribution in [3.63, 3.8) is 0 Å². The van der Waals surface area contributed by atoms with Crippen LogP contribution in [0.5, 0.6) is 0 Å². The predicted molar refractivity (Wildman–Crippen MR) is 137 cm³/mol. The number of piperidine rings is 1. The molecule has 186 valence electrons. The maximum atomic E-state index is 13.7. The van der Waals surface area contributed by atoms with E-state index in [1.807, 2.05) is 17.0 Å². The maximum Gasteiger partial charge on any atom is 0.259 e. The van der Waals surface area contributed by atoms with Crippen molar-refractivity contribution in [1.82, 2.24) is 20.4 Å². The first kappa shape index (κ1) is 24.0. The molecule has 3 aromatic rings. The normalized spacial score (nSPS) is 17.2.